The van der Waals surface area contributed by atoms with Gasteiger partial charge in [0.25, 0.3) is 0 Å². The fourth-order valence-corrected chi connectivity index (χ4v) is 3.46. The van der Waals surface area contributed by atoms with E-state index < -0.39 is 35.9 Å². The van der Waals surface area contributed by atoms with Gasteiger partial charge in [-0.2, -0.15) is 0 Å². The smallest absolute Gasteiger partial charge is 0.325 e. The number of carboxylic acids is 1. The number of carbonyl (C=O) groups is 4. The van der Waals surface area contributed by atoms with Gasteiger partial charge in [-0.1, -0.05) is 31.5 Å². The molecule has 3 atom stereocenters. The molecule has 0 aliphatic carbocycles. The number of carbonyl (C=O) groups excluding carboxylic acids is 3. The highest BCUT2D eigenvalue weighted by Gasteiger charge is 2.40. The summed E-state index contributed by atoms with van der Waals surface area (Å²) in [5.74, 6) is -2.44. The molecule has 0 saturated carbocycles. The number of nitrogens with one attached hydrogen (secondary N) is 3. The van der Waals surface area contributed by atoms with Crippen LogP contribution in [-0.4, -0.2) is 60.5 Å². The number of aryl methyl sites for hydroxylation is 1. The minimum Gasteiger partial charge on any atom is -0.480 e. The van der Waals surface area contributed by atoms with E-state index >= 15 is 0 Å². The van der Waals surface area contributed by atoms with Crippen LogP contribution in [0.4, 0.5) is 5.69 Å². The monoisotopic (exact) mass is 418 g/mol. The summed E-state index contributed by atoms with van der Waals surface area (Å²) in [7, 11) is 1.64. The zero-order chi connectivity index (χ0) is 22.4. The van der Waals surface area contributed by atoms with E-state index in [1.54, 1.807) is 14.0 Å². The van der Waals surface area contributed by atoms with E-state index in [1.807, 2.05) is 25.1 Å². The fourth-order valence-electron chi connectivity index (χ4n) is 3.46. The molecule has 0 aromatic heterocycles. The quantitative estimate of drug-likeness (QED) is 0.454. The van der Waals surface area contributed by atoms with Crippen molar-refractivity contribution in [3.8, 4) is 0 Å². The zero-order valence-corrected chi connectivity index (χ0v) is 17.8. The van der Waals surface area contributed by atoms with Crippen LogP contribution in [0.3, 0.4) is 0 Å². The van der Waals surface area contributed by atoms with Gasteiger partial charge in [0, 0.05) is 6.42 Å². The molecule has 0 unspecified atom stereocenters. The molecule has 4 N–H and O–H groups in total. The molecule has 164 valence electrons. The maximum absolute atomic E-state index is 13.1. The summed E-state index contributed by atoms with van der Waals surface area (Å²) in [5, 5.41) is 17.0. The molecule has 0 bridgehead atoms. The number of hydrogen-bond acceptors (Lipinski definition) is 5. The first-order valence-electron chi connectivity index (χ1n) is 10.1. The highest BCUT2D eigenvalue weighted by molar-refractivity contribution is 6.06. The Balaban J connectivity index is 2.32. The number of benzene rings is 1. The lowest BCUT2D eigenvalue weighted by Gasteiger charge is -2.27. The van der Waals surface area contributed by atoms with Crippen molar-refractivity contribution in [1.29, 1.82) is 0 Å². The number of amides is 3. The van der Waals surface area contributed by atoms with Gasteiger partial charge in [0.05, 0.1) is 18.3 Å². The van der Waals surface area contributed by atoms with Gasteiger partial charge in [0.2, 0.25) is 17.7 Å². The molecular formula is C21H30N4O5. The molecule has 1 aromatic rings. The topological polar surface area (TPSA) is 128 Å². The summed E-state index contributed by atoms with van der Waals surface area (Å²) in [6.45, 7) is 4.81. The molecule has 0 fully saturated rings. The molecule has 9 nitrogen and oxygen atoms in total. The second kappa shape index (κ2) is 10.2. The summed E-state index contributed by atoms with van der Waals surface area (Å²) in [5.41, 5.74) is 2.48. The second-order valence-electron chi connectivity index (χ2n) is 7.46. The van der Waals surface area contributed by atoms with E-state index in [2.05, 4.69) is 16.0 Å². The van der Waals surface area contributed by atoms with Crippen LogP contribution >= 0.6 is 0 Å². The van der Waals surface area contributed by atoms with Gasteiger partial charge in [-0.25, -0.2) is 0 Å². The van der Waals surface area contributed by atoms with Gasteiger partial charge in [0.1, 0.15) is 12.1 Å². The van der Waals surface area contributed by atoms with Crippen molar-refractivity contribution in [2.45, 2.75) is 58.2 Å². The van der Waals surface area contributed by atoms with Crippen LogP contribution in [-0.2, 0) is 32.0 Å². The minimum atomic E-state index is -1.16. The molecule has 0 spiro atoms. The number of fused-ring (bicyclic) bond motifs is 1. The van der Waals surface area contributed by atoms with E-state index in [9.17, 15) is 19.2 Å². The minimum absolute atomic E-state index is 0.261. The van der Waals surface area contributed by atoms with Crippen LogP contribution in [0.25, 0.3) is 0 Å². The highest BCUT2D eigenvalue weighted by Crippen LogP contribution is 2.36. The highest BCUT2D eigenvalue weighted by atomic mass is 16.4. The first-order valence-corrected chi connectivity index (χ1v) is 10.1. The summed E-state index contributed by atoms with van der Waals surface area (Å²) in [4.78, 5) is 50.6. The van der Waals surface area contributed by atoms with Crippen molar-refractivity contribution in [2.75, 3.05) is 18.5 Å². The Morgan fingerprint density at radius 3 is 2.50 bits per heavy atom. The average molecular weight is 418 g/mol. The van der Waals surface area contributed by atoms with Crippen molar-refractivity contribution < 1.29 is 24.3 Å². The third kappa shape index (κ3) is 5.15. The Morgan fingerprint density at radius 2 is 1.90 bits per heavy atom. The molecule has 0 radical (unpaired) electrons. The summed E-state index contributed by atoms with van der Waals surface area (Å²) in [6.07, 6.45) is 1.88. The van der Waals surface area contributed by atoms with E-state index in [0.717, 1.165) is 24.0 Å². The Labute approximate surface area is 176 Å². The van der Waals surface area contributed by atoms with Crippen LogP contribution in [0.2, 0.25) is 0 Å². The van der Waals surface area contributed by atoms with Crippen molar-refractivity contribution in [1.82, 2.24) is 16.0 Å². The molecule has 0 saturated heterocycles. The summed E-state index contributed by atoms with van der Waals surface area (Å²) < 4.78 is 0. The van der Waals surface area contributed by atoms with Crippen LogP contribution in [0.5, 0.6) is 0 Å². The van der Waals surface area contributed by atoms with Gasteiger partial charge >= 0.3 is 5.97 Å². The van der Waals surface area contributed by atoms with E-state index in [0.29, 0.717) is 5.69 Å². The van der Waals surface area contributed by atoms with Gasteiger partial charge in [-0.3, -0.25) is 24.1 Å². The van der Waals surface area contributed by atoms with E-state index in [-0.39, 0.29) is 18.9 Å². The lowest BCUT2D eigenvalue weighted by atomic mass is 10.0. The molecule has 30 heavy (non-hydrogen) atoms. The Bertz CT molecular complexity index is 826. The average Bonchev–Trinajstić information content (AvgIpc) is 3.12. The van der Waals surface area contributed by atoms with E-state index in [1.165, 1.54) is 11.8 Å². The maximum Gasteiger partial charge on any atom is 0.325 e. The van der Waals surface area contributed by atoms with Crippen molar-refractivity contribution in [2.24, 2.45) is 0 Å². The molecule has 1 aliphatic heterocycles. The Kier molecular flexibility index (Phi) is 7.93. The number of likely N-dealkylation sites (N-methyl/N-ethyl adjacent to an activating group) is 1. The lowest BCUT2D eigenvalue weighted by molar-refractivity contribution is -0.141. The predicted octanol–water partition coefficient (Wildman–Crippen LogP) is 0.210. The first-order chi connectivity index (χ1) is 14.2. The third-order valence-electron chi connectivity index (χ3n) is 5.23. The van der Waals surface area contributed by atoms with Crippen molar-refractivity contribution in [3.05, 3.63) is 29.3 Å². The third-order valence-corrected chi connectivity index (χ3v) is 5.23. The van der Waals surface area contributed by atoms with Gasteiger partial charge in [-0.15, -0.1) is 0 Å². The van der Waals surface area contributed by atoms with Crippen LogP contribution < -0.4 is 20.9 Å². The number of carboxylic acid groups (broad SMARTS) is 1. The molecule has 3 amide bonds. The van der Waals surface area contributed by atoms with Crippen LogP contribution in [0.15, 0.2) is 18.2 Å². The van der Waals surface area contributed by atoms with Crippen molar-refractivity contribution >= 4 is 29.4 Å². The molecule has 9 heteroatoms. The second-order valence-corrected chi connectivity index (χ2v) is 7.46. The van der Waals surface area contributed by atoms with Gasteiger partial charge in [0.15, 0.2) is 0 Å². The molecule has 1 heterocycles. The molecule has 1 aromatic carbocycles. The zero-order valence-electron chi connectivity index (χ0n) is 17.8. The van der Waals surface area contributed by atoms with E-state index in [4.69, 9.17) is 5.11 Å². The number of anilines is 1. The van der Waals surface area contributed by atoms with Gasteiger partial charge < -0.3 is 21.1 Å². The van der Waals surface area contributed by atoms with Crippen LogP contribution in [0.1, 0.15) is 38.3 Å². The lowest BCUT2D eigenvalue weighted by Crippen LogP contribution is -2.54. The van der Waals surface area contributed by atoms with Gasteiger partial charge in [-0.05, 0) is 38.4 Å². The fraction of sp³-hybridized carbons (Fsp3) is 0.524. The summed E-state index contributed by atoms with van der Waals surface area (Å²) in [6, 6.07) is 3.27. The molecule has 1 aliphatic rings. The SMILES string of the molecule is CCCc1cccc2c1N(C(=O)CNC(=O)[C@H](C)NC)[C@H](C(=O)N[C@@H](C)C(=O)O)C2. The number of nitrogens with zero attached hydrogens (tertiary/aromatic N) is 1. The number of aliphatic carboxylic acids is 1. The number of rotatable bonds is 9. The standard InChI is InChI=1S/C21H30N4O5/c1-5-7-14-8-6-9-15-10-16(20(28)24-13(3)21(29)30)25(18(14)15)17(26)11-23-19(27)12(2)22-4/h6,8-9,12-13,16,22H,5,7,10-11H2,1-4H3,(H,23,27)(H,24,28)(H,29,30)/t12-,13-,16-/m0/s1. The van der Waals surface area contributed by atoms with Crippen LogP contribution in [0, 0.1) is 0 Å². The Morgan fingerprint density at radius 1 is 1.20 bits per heavy atom. The molecule has 2 rings (SSSR count). The Hall–Kier alpha value is -2.94. The molecular weight excluding hydrogens is 388 g/mol. The maximum atomic E-state index is 13.1. The number of hydrogen-bond donors (Lipinski definition) is 4. The predicted molar refractivity (Wildman–Crippen MR) is 112 cm³/mol. The number of para-hydroxylation sites is 1. The van der Waals surface area contributed by atoms with Crippen molar-refractivity contribution in [3.63, 3.8) is 0 Å². The first kappa shape index (κ1) is 23.3. The summed E-state index contributed by atoms with van der Waals surface area (Å²) >= 11 is 0. The largest absolute Gasteiger partial charge is 0.480 e. The normalized spacial score (nSPS) is 17.1.